The first-order valence-corrected chi connectivity index (χ1v) is 9.44. The molecule has 152 valence electrons. The van der Waals surface area contributed by atoms with Crippen LogP contribution in [0.15, 0.2) is 36.9 Å². The number of rotatable bonds is 9. The van der Waals surface area contributed by atoms with Crippen LogP contribution in [-0.2, 0) is 9.47 Å². The third-order valence-corrected chi connectivity index (χ3v) is 3.77. The van der Waals surface area contributed by atoms with Crippen LogP contribution in [-0.4, -0.2) is 35.9 Å². The van der Waals surface area contributed by atoms with Crippen LogP contribution in [0.2, 0.25) is 0 Å². The Labute approximate surface area is 163 Å². The number of benzene rings is 1. The SMILES string of the molecule is C=CC(C)CCCC(C)(C)O.CCOC(=O)c1ccccc1C(=O)OCC. The third kappa shape index (κ3) is 11.2. The summed E-state index contributed by atoms with van der Waals surface area (Å²) < 4.78 is 9.70. The lowest BCUT2D eigenvalue weighted by atomic mass is 9.97. The molecule has 0 spiro atoms. The minimum absolute atomic E-state index is 0.239. The summed E-state index contributed by atoms with van der Waals surface area (Å²) in [6, 6.07) is 6.44. The molecule has 1 unspecified atom stereocenters. The minimum Gasteiger partial charge on any atom is -0.462 e. The molecule has 0 aromatic heterocycles. The highest BCUT2D eigenvalue weighted by Gasteiger charge is 2.17. The molecular weight excluding hydrogens is 344 g/mol. The van der Waals surface area contributed by atoms with Crippen LogP contribution in [0.5, 0.6) is 0 Å². The van der Waals surface area contributed by atoms with Crippen molar-refractivity contribution in [1.82, 2.24) is 0 Å². The van der Waals surface area contributed by atoms with Crippen molar-refractivity contribution in [2.45, 2.75) is 59.5 Å². The number of esters is 2. The second kappa shape index (κ2) is 13.1. The zero-order valence-corrected chi connectivity index (χ0v) is 17.3. The molecule has 0 amide bonds. The first-order chi connectivity index (χ1) is 12.7. The summed E-state index contributed by atoms with van der Waals surface area (Å²) in [6.45, 7) is 13.5. The molecule has 0 fully saturated rings. The van der Waals surface area contributed by atoms with Gasteiger partial charge in [-0.25, -0.2) is 9.59 Å². The molecule has 1 N–H and O–H groups in total. The van der Waals surface area contributed by atoms with E-state index in [0.717, 1.165) is 19.3 Å². The molecule has 1 atom stereocenters. The molecule has 0 bridgehead atoms. The quantitative estimate of drug-likeness (QED) is 0.494. The number of carbonyl (C=O) groups excluding carboxylic acids is 2. The van der Waals surface area contributed by atoms with Crippen LogP contribution in [0, 0.1) is 5.92 Å². The molecule has 5 nitrogen and oxygen atoms in total. The first kappa shape index (κ1) is 24.9. The summed E-state index contributed by atoms with van der Waals surface area (Å²) in [4.78, 5) is 23.1. The summed E-state index contributed by atoms with van der Waals surface area (Å²) in [5, 5.41) is 9.38. The van der Waals surface area contributed by atoms with Crippen molar-refractivity contribution in [3.8, 4) is 0 Å². The summed E-state index contributed by atoms with van der Waals surface area (Å²) in [6.07, 6.45) is 5.06. The largest absolute Gasteiger partial charge is 0.462 e. The van der Waals surface area contributed by atoms with E-state index in [2.05, 4.69) is 13.5 Å². The molecular formula is C22H34O5. The van der Waals surface area contributed by atoms with Crippen molar-refractivity contribution in [2.24, 2.45) is 5.92 Å². The van der Waals surface area contributed by atoms with Gasteiger partial charge in [0.15, 0.2) is 0 Å². The number of hydrogen-bond donors (Lipinski definition) is 1. The highest BCUT2D eigenvalue weighted by atomic mass is 16.5. The monoisotopic (exact) mass is 378 g/mol. The zero-order valence-electron chi connectivity index (χ0n) is 17.3. The van der Waals surface area contributed by atoms with Gasteiger partial charge in [-0.15, -0.1) is 6.58 Å². The standard InChI is InChI=1S/C12H14O4.C10H20O/c1-3-15-11(13)9-7-5-6-8-10(9)12(14)16-4-2;1-5-9(2)7-6-8-10(3,4)11/h5-8H,3-4H2,1-2H3;5,9,11H,1,6-8H2,2-4H3. The number of ether oxygens (including phenoxy) is 2. The second-order valence-electron chi connectivity index (χ2n) is 6.90. The van der Waals surface area contributed by atoms with Crippen molar-refractivity contribution in [3.05, 3.63) is 48.0 Å². The highest BCUT2D eigenvalue weighted by Crippen LogP contribution is 2.15. The predicted octanol–water partition coefficient (Wildman–Crippen LogP) is 4.79. The van der Waals surface area contributed by atoms with E-state index in [4.69, 9.17) is 9.47 Å². The molecule has 0 saturated heterocycles. The van der Waals surface area contributed by atoms with E-state index < -0.39 is 17.5 Å². The average Bonchev–Trinajstić information content (AvgIpc) is 2.61. The van der Waals surface area contributed by atoms with Gasteiger partial charge in [0.05, 0.1) is 29.9 Å². The maximum atomic E-state index is 11.5. The second-order valence-corrected chi connectivity index (χ2v) is 6.90. The van der Waals surface area contributed by atoms with Crippen LogP contribution in [0.3, 0.4) is 0 Å². The number of carbonyl (C=O) groups is 2. The first-order valence-electron chi connectivity index (χ1n) is 9.44. The molecule has 0 heterocycles. The fourth-order valence-corrected chi connectivity index (χ4v) is 2.23. The van der Waals surface area contributed by atoms with Gasteiger partial charge in [-0.05, 0) is 58.6 Å². The van der Waals surface area contributed by atoms with Gasteiger partial charge in [0, 0.05) is 0 Å². The summed E-state index contributed by atoms with van der Waals surface area (Å²) in [5.74, 6) is -0.436. The number of allylic oxidation sites excluding steroid dienone is 1. The Morgan fingerprint density at radius 1 is 1.11 bits per heavy atom. The van der Waals surface area contributed by atoms with E-state index in [1.54, 1.807) is 38.1 Å². The Bertz CT molecular complexity index is 550. The van der Waals surface area contributed by atoms with Gasteiger partial charge in [0.1, 0.15) is 0 Å². The predicted molar refractivity (Wildman–Crippen MR) is 108 cm³/mol. The Kier molecular flexibility index (Phi) is 12.1. The summed E-state index contributed by atoms with van der Waals surface area (Å²) >= 11 is 0. The van der Waals surface area contributed by atoms with Crippen LogP contribution >= 0.6 is 0 Å². The lowest BCUT2D eigenvalue weighted by molar-refractivity contribution is 0.0479. The van der Waals surface area contributed by atoms with E-state index in [9.17, 15) is 14.7 Å². The maximum absolute atomic E-state index is 11.5. The van der Waals surface area contributed by atoms with Gasteiger partial charge < -0.3 is 14.6 Å². The van der Waals surface area contributed by atoms with Crippen LogP contribution in [0.4, 0.5) is 0 Å². The molecule has 27 heavy (non-hydrogen) atoms. The molecule has 5 heteroatoms. The lowest BCUT2D eigenvalue weighted by Gasteiger charge is -2.17. The van der Waals surface area contributed by atoms with E-state index >= 15 is 0 Å². The molecule has 0 aliphatic heterocycles. The Hall–Kier alpha value is -2.14. The Morgan fingerprint density at radius 3 is 1.89 bits per heavy atom. The topological polar surface area (TPSA) is 72.8 Å². The molecule has 1 aromatic rings. The summed E-state index contributed by atoms with van der Waals surface area (Å²) in [5.41, 5.74) is -0.0217. The molecule has 0 aliphatic rings. The zero-order chi connectivity index (χ0) is 20.9. The number of aliphatic hydroxyl groups is 1. The lowest BCUT2D eigenvalue weighted by Crippen LogP contribution is -2.18. The maximum Gasteiger partial charge on any atom is 0.338 e. The Morgan fingerprint density at radius 2 is 1.56 bits per heavy atom. The number of hydrogen-bond acceptors (Lipinski definition) is 5. The van der Waals surface area contributed by atoms with Crippen molar-refractivity contribution in [2.75, 3.05) is 13.2 Å². The van der Waals surface area contributed by atoms with Crippen molar-refractivity contribution in [1.29, 1.82) is 0 Å². The van der Waals surface area contributed by atoms with Gasteiger partial charge in [-0.1, -0.05) is 31.6 Å². The smallest absolute Gasteiger partial charge is 0.338 e. The van der Waals surface area contributed by atoms with Gasteiger partial charge in [-0.3, -0.25) is 0 Å². The molecule has 0 saturated carbocycles. The van der Waals surface area contributed by atoms with Crippen LogP contribution in [0.25, 0.3) is 0 Å². The van der Waals surface area contributed by atoms with Crippen LogP contribution in [0.1, 0.15) is 74.6 Å². The third-order valence-electron chi connectivity index (χ3n) is 3.77. The molecule has 0 radical (unpaired) electrons. The van der Waals surface area contributed by atoms with Gasteiger partial charge >= 0.3 is 11.9 Å². The van der Waals surface area contributed by atoms with E-state index in [1.165, 1.54) is 0 Å². The fraction of sp³-hybridized carbons (Fsp3) is 0.545. The molecule has 1 aromatic carbocycles. The average molecular weight is 379 g/mol. The van der Waals surface area contributed by atoms with Crippen molar-refractivity contribution in [3.63, 3.8) is 0 Å². The van der Waals surface area contributed by atoms with E-state index in [-0.39, 0.29) is 24.3 Å². The van der Waals surface area contributed by atoms with Crippen molar-refractivity contribution < 1.29 is 24.2 Å². The molecule has 1 rings (SSSR count). The van der Waals surface area contributed by atoms with Gasteiger partial charge in [-0.2, -0.15) is 0 Å². The highest BCUT2D eigenvalue weighted by molar-refractivity contribution is 6.03. The van der Waals surface area contributed by atoms with E-state index in [0.29, 0.717) is 5.92 Å². The normalized spacial score (nSPS) is 11.6. The van der Waals surface area contributed by atoms with E-state index in [1.807, 2.05) is 19.9 Å². The van der Waals surface area contributed by atoms with Crippen molar-refractivity contribution >= 4 is 11.9 Å². The molecule has 0 aliphatic carbocycles. The summed E-state index contributed by atoms with van der Waals surface area (Å²) in [7, 11) is 0. The van der Waals surface area contributed by atoms with Gasteiger partial charge in [0.25, 0.3) is 0 Å². The van der Waals surface area contributed by atoms with Gasteiger partial charge in [0.2, 0.25) is 0 Å². The Balaban J connectivity index is 0.000000541. The minimum atomic E-state index is -0.508. The fourth-order valence-electron chi connectivity index (χ4n) is 2.23. The van der Waals surface area contributed by atoms with Crippen LogP contribution < -0.4 is 0 Å².